The predicted molar refractivity (Wildman–Crippen MR) is 494 cm³/mol. The van der Waals surface area contributed by atoms with Crippen LogP contribution < -0.4 is 62.2 Å². The van der Waals surface area contributed by atoms with Gasteiger partial charge in [-0.1, -0.05) is 137 Å². The Balaban J connectivity index is 0.000000182. The van der Waals surface area contributed by atoms with Gasteiger partial charge in [-0.05, 0) is 134 Å². The SMILES string of the molecule is CC[C@@H]1C[C@]1(CC(=O)[C@@H]1C[C@@H](Oc2cc(-c3csc(OC)n3)nc3c(Cl)c(OC)ccc23)CN1C(=O)[C@@H](CC(=O)OC1C[C@@H]2C[C@@H]2C1)C(C)(C)C)C(=O)O.CC[C@@H]1C[C@]1(CC(=O)[C@@H]1C[C@@H](Oc2cc(-c3csc(OC)n3)nc3c(Cl)c(OC)ccc23)CN1C(=O)[C@@H](CC(=O)OC1C[C@@H]2C[C@@H]2C1)C(C)(C)C)C(=O)OC.COc1nc(-c2cc(=O)c3ccc(OC)c(Cl)c3[nH]2)cs1.[Li+].[OH-]. The molecule has 6 aliphatic carbocycles. The molecular formula is C95H110Cl3LiN8O22S3. The molecule has 2 unspecified atom stereocenters. The zero-order valence-electron chi connectivity index (χ0n) is 76.8. The van der Waals surface area contributed by atoms with Crippen molar-refractivity contribution in [2.24, 2.45) is 69.0 Å². The third-order valence-corrected chi connectivity index (χ3v) is 30.8. The summed E-state index contributed by atoms with van der Waals surface area (Å²) in [5.74, 6) is -0.283. The van der Waals surface area contributed by atoms with Gasteiger partial charge in [-0.2, -0.15) is 0 Å². The first-order valence-corrected chi connectivity index (χ1v) is 47.7. The van der Waals surface area contributed by atoms with Crippen LogP contribution in [0.3, 0.4) is 0 Å². The summed E-state index contributed by atoms with van der Waals surface area (Å²) < 4.78 is 62.2. The summed E-state index contributed by atoms with van der Waals surface area (Å²) >= 11 is 23.8. The largest absolute Gasteiger partial charge is 1.00 e. The number of rotatable bonds is 31. The fourth-order valence-electron chi connectivity index (χ4n) is 19.6. The van der Waals surface area contributed by atoms with Crippen molar-refractivity contribution < 1.29 is 120 Å². The van der Waals surface area contributed by atoms with Crippen molar-refractivity contribution in [3.63, 3.8) is 0 Å². The van der Waals surface area contributed by atoms with E-state index in [1.165, 1.54) is 93.4 Å². The first kappa shape index (κ1) is 100. The summed E-state index contributed by atoms with van der Waals surface area (Å²) in [7, 11) is 10.5. The molecule has 9 aromatic rings. The van der Waals surface area contributed by atoms with Crippen LogP contribution in [-0.2, 0) is 52.6 Å². The molecule has 2 aliphatic heterocycles. The van der Waals surface area contributed by atoms with Crippen LogP contribution >= 0.6 is 68.8 Å². The molecule has 2 amide bonds. The van der Waals surface area contributed by atoms with Gasteiger partial charge in [0, 0.05) is 76.2 Å². The number of carboxylic acids is 1. The molecule has 2 saturated heterocycles. The molecule has 0 bridgehead atoms. The summed E-state index contributed by atoms with van der Waals surface area (Å²) in [5.41, 5.74) is 1.21. The van der Waals surface area contributed by atoms with Gasteiger partial charge in [0.1, 0.15) is 85.3 Å². The summed E-state index contributed by atoms with van der Waals surface area (Å²) in [6.45, 7) is 15.5. The number of carboxylic acid groups (broad SMARTS) is 1. The Hall–Kier alpha value is -9.43. The number of ether oxygens (including phenoxy) is 11. The van der Waals surface area contributed by atoms with Gasteiger partial charge < -0.3 is 77.5 Å². The van der Waals surface area contributed by atoms with Crippen molar-refractivity contribution in [2.75, 3.05) is 62.9 Å². The van der Waals surface area contributed by atoms with E-state index in [9.17, 15) is 48.3 Å². The normalized spacial score (nSPS) is 24.4. The van der Waals surface area contributed by atoms with Gasteiger partial charge in [0.05, 0.1) is 144 Å². The Labute approximate surface area is 803 Å². The molecule has 702 valence electrons. The number of Topliss-reactive ketones (excluding diaryl/α,β-unsaturated/α-hetero) is 2. The molecule has 0 radical (unpaired) electrons. The van der Waals surface area contributed by atoms with Crippen molar-refractivity contribution in [2.45, 2.75) is 195 Å². The number of benzene rings is 3. The molecule has 6 aromatic heterocycles. The zero-order valence-corrected chi connectivity index (χ0v) is 81.5. The number of likely N-dealkylation sites (tertiary alicyclic amines) is 2. The summed E-state index contributed by atoms with van der Waals surface area (Å²) in [4.78, 5) is 152. The van der Waals surface area contributed by atoms with Gasteiger partial charge in [-0.3, -0.25) is 43.2 Å². The number of aromatic nitrogens is 6. The number of carbonyl (C=O) groups is 8. The number of carbonyl (C=O) groups excluding carboxylic acids is 7. The van der Waals surface area contributed by atoms with Gasteiger partial charge >= 0.3 is 42.7 Å². The van der Waals surface area contributed by atoms with E-state index < -0.39 is 81.7 Å². The minimum absolute atomic E-state index is 0. The maximum atomic E-state index is 14.8. The predicted octanol–water partition coefficient (Wildman–Crippen LogP) is 14.7. The number of nitrogens with zero attached hydrogens (tertiary/aromatic N) is 7. The van der Waals surface area contributed by atoms with Crippen LogP contribution in [0.15, 0.2) is 75.5 Å². The molecular weight excluding hydrogens is 1810 g/mol. The van der Waals surface area contributed by atoms with E-state index >= 15 is 0 Å². The van der Waals surface area contributed by atoms with E-state index in [0.717, 1.165) is 32.1 Å². The molecule has 30 nitrogen and oxygen atoms in total. The van der Waals surface area contributed by atoms with Gasteiger partial charge in [-0.15, -0.1) is 0 Å². The molecule has 8 heterocycles. The molecule has 132 heavy (non-hydrogen) atoms. The fraction of sp³-hybridized carbons (Fsp3) is 0.537. The van der Waals surface area contributed by atoms with Gasteiger partial charge in [0.15, 0.2) is 17.0 Å². The first-order chi connectivity index (χ1) is 62.0. The van der Waals surface area contributed by atoms with Crippen molar-refractivity contribution in [3.8, 4) is 78.5 Å². The second kappa shape index (κ2) is 40.6. The minimum atomic E-state index is -1.14. The van der Waals surface area contributed by atoms with Crippen LogP contribution in [0.1, 0.15) is 158 Å². The second-order valence-corrected chi connectivity index (χ2v) is 41.1. The number of hydrogen-bond donors (Lipinski definition) is 2. The first-order valence-electron chi connectivity index (χ1n) is 43.9. The number of pyridine rings is 3. The maximum absolute atomic E-state index is 14.8. The summed E-state index contributed by atoms with van der Waals surface area (Å²) in [6.07, 6.45) is 6.61. The quantitative estimate of drug-likeness (QED) is 0.0231. The number of esters is 3. The average molecular weight is 1930 g/mol. The van der Waals surface area contributed by atoms with E-state index in [-0.39, 0.29) is 134 Å². The second-order valence-electron chi connectivity index (χ2n) is 37.5. The number of fused-ring (bicyclic) bond motifs is 5. The molecule has 6 saturated carbocycles. The van der Waals surface area contributed by atoms with E-state index in [1.807, 2.05) is 71.5 Å². The average Bonchev–Trinajstić information content (AvgIpc) is 1.59. The number of amides is 2. The van der Waals surface area contributed by atoms with Crippen LogP contribution in [0.2, 0.25) is 15.1 Å². The maximum Gasteiger partial charge on any atom is 1.00 e. The van der Waals surface area contributed by atoms with Crippen molar-refractivity contribution in [1.82, 2.24) is 39.7 Å². The number of aromatic amines is 1. The number of aliphatic carboxylic acids is 1. The number of hydrogen-bond acceptors (Lipinski definition) is 29. The van der Waals surface area contributed by atoms with Crippen molar-refractivity contribution in [3.05, 3.63) is 96.0 Å². The van der Waals surface area contributed by atoms with Crippen molar-refractivity contribution in [1.29, 1.82) is 0 Å². The van der Waals surface area contributed by atoms with Crippen LogP contribution in [0.5, 0.6) is 44.3 Å². The Morgan fingerprint density at radius 3 is 1.25 bits per heavy atom. The zero-order chi connectivity index (χ0) is 93.1. The smallest absolute Gasteiger partial charge is 0.870 e. The molecule has 8 fully saturated rings. The van der Waals surface area contributed by atoms with E-state index in [1.54, 1.807) is 67.7 Å². The van der Waals surface area contributed by atoms with E-state index in [2.05, 4.69) is 19.9 Å². The van der Waals surface area contributed by atoms with Gasteiger partial charge in [0.2, 0.25) is 11.8 Å². The van der Waals surface area contributed by atoms with Crippen molar-refractivity contribution >= 4 is 149 Å². The molecule has 3 aromatic carbocycles. The van der Waals surface area contributed by atoms with Gasteiger partial charge in [0.25, 0.3) is 15.6 Å². The third kappa shape index (κ3) is 21.0. The summed E-state index contributed by atoms with van der Waals surface area (Å²) in [6, 6.07) is 13.6. The van der Waals surface area contributed by atoms with E-state index in [0.29, 0.717) is 164 Å². The van der Waals surface area contributed by atoms with Crippen LogP contribution in [0.4, 0.5) is 0 Å². The molecule has 37 heteroatoms. The summed E-state index contributed by atoms with van der Waals surface area (Å²) in [5, 5.41) is 19.7. The molecule has 3 N–H and O–H groups in total. The Morgan fingerprint density at radius 2 is 0.879 bits per heavy atom. The Kier molecular flexibility index (Phi) is 30.8. The number of H-pyrrole nitrogens is 1. The molecule has 17 rings (SSSR count). The number of nitrogens with one attached hydrogen (secondary N) is 1. The number of halogens is 3. The van der Waals surface area contributed by atoms with Crippen LogP contribution in [0, 0.1) is 69.0 Å². The van der Waals surface area contributed by atoms with Gasteiger partial charge in [-0.25, -0.2) is 24.9 Å². The van der Waals surface area contributed by atoms with Crippen LogP contribution in [0.25, 0.3) is 66.9 Å². The third-order valence-electron chi connectivity index (χ3n) is 27.3. The number of thiazole rings is 3. The Bertz CT molecular complexity index is 5920. The van der Waals surface area contributed by atoms with Crippen LogP contribution in [-0.4, -0.2) is 197 Å². The standard InChI is InChI=1S/C41H50ClN3O9S.C40H48ClN3O9S.C14H11ClN2O3S.Li.H2O/c1-8-23-17-41(23,38(49)51-6)18-31(46)30-14-25(19-45(30)37(48)27(40(2,3)4)15-34(47)54-24-12-21-11-22(21)13-24)53-33-16-28(29-20-55-39(44-29)52-7)43-36-26(33)9-10-32(50-5)35(36)42;1-7-22-16-40(22,37(48)49)17-30(45)29-13-24(18-44(29)36(47)26(39(2,3)4)14-33(46)53-23-11-20-10-21(20)12-23)52-32-15-27(28-19-54-38(43-28)51-6)42-35-25(32)8-9-31(50-5)34(35)41;1-19-11-4-3-7-10(18)5-8(16-13(7)12(11)15)9-6-21-14(17-9)20-2;;/h9-10,16,20-25,27,30H,8,11-15,17-19H2,1-7H3;8-9,15,19-24,26,29H,7,10-14,16-18H2,1-6H3,(H,48,49);3-6H,1-2H3,(H,16,18);;1H2/q;;;+1;/p-1/t21-,22+,23-,24?,25-,27-,30+,41-;20-,21+,22-,23?,24-,26-,29+,40-;;;/m11.../s1. The minimum Gasteiger partial charge on any atom is -0.870 e. The molecule has 0 spiro atoms. The van der Waals surface area contributed by atoms with E-state index in [4.69, 9.17) is 96.9 Å². The molecule has 8 aliphatic rings. The molecule has 16 atom stereocenters. The number of ketones is 2. The Morgan fingerprint density at radius 1 is 0.492 bits per heavy atom. The fourth-order valence-corrected chi connectivity index (χ4v) is 22.4. The topological polar surface area (TPSA) is 392 Å². The monoisotopic (exact) mass is 1920 g/mol. The number of methoxy groups -OCH3 is 7.